The summed E-state index contributed by atoms with van der Waals surface area (Å²) in [7, 11) is 3.14. The Kier molecular flexibility index (Phi) is 6.59. The maximum absolute atomic E-state index is 12.7. The number of hydrogen-bond donors (Lipinski definition) is 1. The van der Waals surface area contributed by atoms with Gasteiger partial charge in [-0.05, 0) is 44.7 Å². The van der Waals surface area contributed by atoms with Crippen LogP contribution in [0.15, 0.2) is 15.7 Å². The average Bonchev–Trinajstić information content (AvgIpc) is 2.70. The number of piperidine rings is 2. The highest BCUT2D eigenvalue weighted by molar-refractivity contribution is 5.79. The molecule has 3 heterocycles. The lowest BCUT2D eigenvalue weighted by molar-refractivity contribution is -0.125. The highest BCUT2D eigenvalue weighted by Crippen LogP contribution is 2.21. The summed E-state index contributed by atoms with van der Waals surface area (Å²) < 4.78 is 2.58. The van der Waals surface area contributed by atoms with Crippen molar-refractivity contribution in [2.45, 2.75) is 32.6 Å². The molecule has 1 aromatic rings. The van der Waals surface area contributed by atoms with Gasteiger partial charge in [-0.2, -0.15) is 0 Å². The molecule has 2 fully saturated rings. The van der Waals surface area contributed by atoms with Gasteiger partial charge in [-0.3, -0.25) is 18.7 Å². The van der Waals surface area contributed by atoms with E-state index in [0.717, 1.165) is 49.5 Å². The number of anilines is 1. The zero-order chi connectivity index (χ0) is 20.3. The molecule has 8 heteroatoms. The largest absolute Gasteiger partial charge is 0.357 e. The zero-order valence-electron chi connectivity index (χ0n) is 17.3. The number of carbonyl (C=O) groups excluding carboxylic acids is 1. The van der Waals surface area contributed by atoms with Gasteiger partial charge < -0.3 is 15.1 Å². The molecular formula is C20H33N5O3. The molecule has 28 heavy (non-hydrogen) atoms. The standard InChI is InChI=1S/C20H33N5O3/c1-15-6-10-24(11-7-15)12-8-21-19(27)16-5-4-9-25(14-16)17-13-18(26)23(3)20(28)22(17)2/h13,15-16H,4-12,14H2,1-3H3,(H,21,27)/t16-/m0/s1. The van der Waals surface area contributed by atoms with Crippen LogP contribution in [0.4, 0.5) is 5.82 Å². The van der Waals surface area contributed by atoms with E-state index in [1.807, 2.05) is 4.90 Å². The van der Waals surface area contributed by atoms with Crippen molar-refractivity contribution >= 4 is 11.7 Å². The Bertz CT molecular complexity index is 807. The van der Waals surface area contributed by atoms with Crippen LogP contribution in [-0.2, 0) is 18.9 Å². The number of nitrogens with one attached hydrogen (secondary N) is 1. The van der Waals surface area contributed by atoms with E-state index in [2.05, 4.69) is 17.1 Å². The van der Waals surface area contributed by atoms with Crippen molar-refractivity contribution < 1.29 is 4.79 Å². The van der Waals surface area contributed by atoms with E-state index in [-0.39, 0.29) is 23.1 Å². The highest BCUT2D eigenvalue weighted by atomic mass is 16.2. The molecule has 3 rings (SSSR count). The fraction of sp³-hybridized carbons (Fsp3) is 0.750. The van der Waals surface area contributed by atoms with E-state index in [1.54, 1.807) is 7.05 Å². The topological polar surface area (TPSA) is 79.6 Å². The molecule has 0 saturated carbocycles. The van der Waals surface area contributed by atoms with Crippen LogP contribution in [-0.4, -0.2) is 59.2 Å². The average molecular weight is 392 g/mol. The monoisotopic (exact) mass is 391 g/mol. The van der Waals surface area contributed by atoms with Gasteiger partial charge in [-0.15, -0.1) is 0 Å². The first-order valence-corrected chi connectivity index (χ1v) is 10.4. The predicted molar refractivity (Wildman–Crippen MR) is 110 cm³/mol. The Labute approximate surface area is 166 Å². The van der Waals surface area contributed by atoms with E-state index < -0.39 is 0 Å². The van der Waals surface area contributed by atoms with Gasteiger partial charge in [0, 0.05) is 46.3 Å². The van der Waals surface area contributed by atoms with Crippen molar-refractivity contribution in [3.63, 3.8) is 0 Å². The van der Waals surface area contributed by atoms with Gasteiger partial charge in [-0.1, -0.05) is 6.92 Å². The first-order valence-electron chi connectivity index (χ1n) is 10.4. The van der Waals surface area contributed by atoms with E-state index in [1.165, 1.54) is 30.5 Å². The summed E-state index contributed by atoms with van der Waals surface area (Å²) in [6.45, 7) is 7.39. The smallest absolute Gasteiger partial charge is 0.332 e. The van der Waals surface area contributed by atoms with Gasteiger partial charge in [0.25, 0.3) is 5.56 Å². The lowest BCUT2D eigenvalue weighted by Crippen LogP contribution is -2.47. The molecule has 0 spiro atoms. The van der Waals surface area contributed by atoms with Gasteiger partial charge in [0.15, 0.2) is 0 Å². The molecule has 1 N–H and O–H groups in total. The zero-order valence-corrected chi connectivity index (χ0v) is 17.3. The van der Waals surface area contributed by atoms with E-state index in [0.29, 0.717) is 18.9 Å². The molecule has 0 unspecified atom stereocenters. The summed E-state index contributed by atoms with van der Waals surface area (Å²) >= 11 is 0. The molecule has 0 bridgehead atoms. The van der Waals surface area contributed by atoms with Crippen LogP contribution in [0.5, 0.6) is 0 Å². The molecule has 0 aliphatic carbocycles. The second-order valence-corrected chi connectivity index (χ2v) is 8.34. The molecule has 156 valence electrons. The molecule has 2 aliphatic rings. The maximum atomic E-state index is 12.7. The van der Waals surface area contributed by atoms with E-state index in [4.69, 9.17) is 0 Å². The molecule has 2 aliphatic heterocycles. The fourth-order valence-corrected chi connectivity index (χ4v) is 4.19. The quantitative estimate of drug-likeness (QED) is 0.773. The minimum atomic E-state index is -0.343. The van der Waals surface area contributed by atoms with Gasteiger partial charge >= 0.3 is 5.69 Å². The number of hydrogen-bond acceptors (Lipinski definition) is 5. The van der Waals surface area contributed by atoms with Crippen LogP contribution >= 0.6 is 0 Å². The van der Waals surface area contributed by atoms with Crippen molar-refractivity contribution in [3.8, 4) is 0 Å². The number of aromatic nitrogens is 2. The minimum Gasteiger partial charge on any atom is -0.357 e. The van der Waals surface area contributed by atoms with Crippen molar-refractivity contribution in [2.24, 2.45) is 25.9 Å². The normalized spacial score (nSPS) is 21.7. The molecule has 1 atom stereocenters. The SMILES string of the molecule is CC1CCN(CCNC(=O)[C@H]2CCCN(c3cc(=O)n(C)c(=O)n3C)C2)CC1. The lowest BCUT2D eigenvalue weighted by Gasteiger charge is -2.34. The number of carbonyl (C=O) groups is 1. The lowest BCUT2D eigenvalue weighted by atomic mass is 9.97. The first kappa shape index (κ1) is 20.6. The second kappa shape index (κ2) is 8.94. The third-order valence-corrected chi connectivity index (χ3v) is 6.22. The van der Waals surface area contributed by atoms with Gasteiger partial charge in [0.2, 0.25) is 5.91 Å². The van der Waals surface area contributed by atoms with Crippen molar-refractivity contribution in [2.75, 3.05) is 44.2 Å². The van der Waals surface area contributed by atoms with Gasteiger partial charge in [0.05, 0.1) is 5.92 Å². The Morgan fingerprint density at radius 3 is 2.54 bits per heavy atom. The number of rotatable bonds is 5. The van der Waals surface area contributed by atoms with Crippen molar-refractivity contribution in [1.82, 2.24) is 19.4 Å². The molecule has 0 radical (unpaired) electrons. The molecule has 2 saturated heterocycles. The van der Waals surface area contributed by atoms with Gasteiger partial charge in [-0.25, -0.2) is 4.79 Å². The van der Waals surface area contributed by atoms with Crippen LogP contribution < -0.4 is 21.5 Å². The first-order chi connectivity index (χ1) is 13.4. The third kappa shape index (κ3) is 4.66. The molecule has 1 amide bonds. The molecular weight excluding hydrogens is 358 g/mol. The summed E-state index contributed by atoms with van der Waals surface area (Å²) in [6.07, 6.45) is 4.18. The Morgan fingerprint density at radius 1 is 1.11 bits per heavy atom. The van der Waals surface area contributed by atoms with E-state index in [9.17, 15) is 14.4 Å². The summed E-state index contributed by atoms with van der Waals surface area (Å²) in [6, 6.07) is 1.49. The maximum Gasteiger partial charge on any atom is 0.332 e. The van der Waals surface area contributed by atoms with Crippen LogP contribution in [0.3, 0.4) is 0 Å². The summed E-state index contributed by atoms with van der Waals surface area (Å²) in [5, 5.41) is 3.09. The Hall–Kier alpha value is -2.09. The predicted octanol–water partition coefficient (Wildman–Crippen LogP) is 0.149. The third-order valence-electron chi connectivity index (χ3n) is 6.22. The van der Waals surface area contributed by atoms with Crippen molar-refractivity contribution in [1.29, 1.82) is 0 Å². The van der Waals surface area contributed by atoms with Crippen LogP contribution in [0.1, 0.15) is 32.6 Å². The number of nitrogens with zero attached hydrogens (tertiary/aromatic N) is 4. The van der Waals surface area contributed by atoms with E-state index >= 15 is 0 Å². The fourth-order valence-electron chi connectivity index (χ4n) is 4.19. The summed E-state index contributed by atoms with van der Waals surface area (Å²) in [5.74, 6) is 1.36. The summed E-state index contributed by atoms with van der Waals surface area (Å²) in [5.41, 5.74) is -0.662. The molecule has 8 nitrogen and oxygen atoms in total. The van der Waals surface area contributed by atoms with Crippen LogP contribution in [0, 0.1) is 11.8 Å². The van der Waals surface area contributed by atoms with Crippen LogP contribution in [0.2, 0.25) is 0 Å². The summed E-state index contributed by atoms with van der Waals surface area (Å²) in [4.78, 5) is 41.3. The molecule has 1 aromatic heterocycles. The van der Waals surface area contributed by atoms with Gasteiger partial charge in [0.1, 0.15) is 5.82 Å². The molecule has 0 aromatic carbocycles. The Morgan fingerprint density at radius 2 is 1.82 bits per heavy atom. The Balaban J connectivity index is 1.55. The van der Waals surface area contributed by atoms with Crippen LogP contribution in [0.25, 0.3) is 0 Å². The van der Waals surface area contributed by atoms with Crippen molar-refractivity contribution in [3.05, 3.63) is 26.9 Å². The highest BCUT2D eigenvalue weighted by Gasteiger charge is 2.27. The minimum absolute atomic E-state index is 0.0731. The second-order valence-electron chi connectivity index (χ2n) is 8.34. The number of likely N-dealkylation sites (tertiary alicyclic amines) is 1. The number of amides is 1.